The van der Waals surface area contributed by atoms with Gasteiger partial charge in [-0.25, -0.2) is 0 Å². The number of ether oxygens (including phenoxy) is 1. The third-order valence-electron chi connectivity index (χ3n) is 3.96. The van der Waals surface area contributed by atoms with Crippen molar-refractivity contribution in [3.05, 3.63) is 53.1 Å². The summed E-state index contributed by atoms with van der Waals surface area (Å²) < 4.78 is 5.70. The highest BCUT2D eigenvalue weighted by atomic mass is 35.5. The molecule has 0 saturated heterocycles. The van der Waals surface area contributed by atoms with Crippen molar-refractivity contribution >= 4 is 34.8 Å². The van der Waals surface area contributed by atoms with Gasteiger partial charge >= 0.3 is 0 Å². The van der Waals surface area contributed by atoms with E-state index in [9.17, 15) is 9.59 Å². The lowest BCUT2D eigenvalue weighted by Crippen LogP contribution is -2.44. The molecule has 1 aliphatic rings. The van der Waals surface area contributed by atoms with Crippen LogP contribution >= 0.6 is 11.6 Å². The Morgan fingerprint density at radius 1 is 1.28 bits per heavy atom. The fraction of sp³-hybridized carbons (Fsp3) is 0.263. The second-order valence-corrected chi connectivity index (χ2v) is 6.33. The fourth-order valence-corrected chi connectivity index (χ4v) is 2.97. The van der Waals surface area contributed by atoms with Crippen LogP contribution in [0.2, 0.25) is 5.02 Å². The molecule has 0 saturated carbocycles. The van der Waals surface area contributed by atoms with E-state index < -0.39 is 6.10 Å². The lowest BCUT2D eigenvalue weighted by molar-refractivity contribution is -0.125. The van der Waals surface area contributed by atoms with Crippen LogP contribution in [-0.2, 0) is 4.79 Å². The van der Waals surface area contributed by atoms with E-state index in [0.717, 1.165) is 12.1 Å². The average Bonchev–Trinajstić information content (AvgIpc) is 2.59. The second-order valence-electron chi connectivity index (χ2n) is 5.90. The molecule has 25 heavy (non-hydrogen) atoms. The van der Waals surface area contributed by atoms with Crippen LogP contribution in [0.25, 0.3) is 0 Å². The largest absolute Gasteiger partial charge is 0.479 e. The van der Waals surface area contributed by atoms with Gasteiger partial charge in [-0.05, 0) is 43.7 Å². The third-order valence-corrected chi connectivity index (χ3v) is 4.20. The minimum Gasteiger partial charge on any atom is -0.479 e. The van der Waals surface area contributed by atoms with Crippen LogP contribution in [0.15, 0.2) is 42.5 Å². The Morgan fingerprint density at radius 2 is 2.08 bits per heavy atom. The predicted molar refractivity (Wildman–Crippen MR) is 98.6 cm³/mol. The van der Waals surface area contributed by atoms with Crippen molar-refractivity contribution in [3.63, 3.8) is 0 Å². The van der Waals surface area contributed by atoms with Gasteiger partial charge in [0.15, 0.2) is 6.10 Å². The van der Waals surface area contributed by atoms with Crippen molar-refractivity contribution < 1.29 is 14.3 Å². The number of carbonyl (C=O) groups excluding carboxylic acids is 2. The zero-order chi connectivity index (χ0) is 18.0. The zero-order valence-electron chi connectivity index (χ0n) is 14.1. The first-order valence-corrected chi connectivity index (χ1v) is 8.56. The summed E-state index contributed by atoms with van der Waals surface area (Å²) in [6.45, 7) is 4.38. The third kappa shape index (κ3) is 3.61. The SMILES string of the molecule is CCCN1C(=O)C(C)Oc2cc(NC(=O)c3cccc(Cl)c3)ccc21. The summed E-state index contributed by atoms with van der Waals surface area (Å²) in [4.78, 5) is 26.3. The first kappa shape index (κ1) is 17.3. The monoisotopic (exact) mass is 358 g/mol. The summed E-state index contributed by atoms with van der Waals surface area (Å²) >= 11 is 5.92. The van der Waals surface area contributed by atoms with Crippen molar-refractivity contribution in [2.75, 3.05) is 16.8 Å². The normalized spacial score (nSPS) is 16.2. The summed E-state index contributed by atoms with van der Waals surface area (Å²) in [5.74, 6) is 0.280. The smallest absolute Gasteiger partial charge is 0.267 e. The Morgan fingerprint density at radius 3 is 2.80 bits per heavy atom. The molecule has 3 rings (SSSR count). The maximum Gasteiger partial charge on any atom is 0.267 e. The van der Waals surface area contributed by atoms with E-state index in [0.29, 0.717) is 28.6 Å². The number of anilines is 2. The van der Waals surface area contributed by atoms with Crippen LogP contribution in [0.5, 0.6) is 5.75 Å². The van der Waals surface area contributed by atoms with E-state index in [1.54, 1.807) is 54.3 Å². The number of fused-ring (bicyclic) bond motifs is 1. The highest BCUT2D eigenvalue weighted by Gasteiger charge is 2.31. The van der Waals surface area contributed by atoms with Gasteiger partial charge in [0.2, 0.25) is 0 Å². The molecule has 0 fully saturated rings. The van der Waals surface area contributed by atoms with Gasteiger partial charge in [0.1, 0.15) is 5.75 Å². The highest BCUT2D eigenvalue weighted by Crippen LogP contribution is 2.36. The van der Waals surface area contributed by atoms with Crippen molar-refractivity contribution in [1.82, 2.24) is 0 Å². The molecule has 2 amide bonds. The summed E-state index contributed by atoms with van der Waals surface area (Å²) in [7, 11) is 0. The van der Waals surface area contributed by atoms with Crippen LogP contribution in [0, 0.1) is 0 Å². The Hall–Kier alpha value is -2.53. The number of amides is 2. The Bertz CT molecular complexity index is 822. The van der Waals surface area contributed by atoms with Gasteiger partial charge in [0, 0.05) is 28.9 Å². The van der Waals surface area contributed by atoms with Crippen molar-refractivity contribution in [3.8, 4) is 5.75 Å². The number of nitrogens with zero attached hydrogens (tertiary/aromatic N) is 1. The maximum absolute atomic E-state index is 12.3. The Balaban J connectivity index is 1.85. The molecule has 1 heterocycles. The minimum atomic E-state index is -0.544. The summed E-state index contributed by atoms with van der Waals surface area (Å²) in [6.07, 6.45) is 0.309. The lowest BCUT2D eigenvalue weighted by atomic mass is 10.1. The molecule has 1 N–H and O–H groups in total. The number of benzene rings is 2. The lowest BCUT2D eigenvalue weighted by Gasteiger charge is -2.33. The predicted octanol–water partition coefficient (Wildman–Crippen LogP) is 4.12. The van der Waals surface area contributed by atoms with E-state index in [-0.39, 0.29) is 11.8 Å². The molecule has 0 radical (unpaired) electrons. The summed E-state index contributed by atoms with van der Waals surface area (Å²) in [5, 5.41) is 3.33. The van der Waals surface area contributed by atoms with Crippen LogP contribution in [-0.4, -0.2) is 24.5 Å². The minimum absolute atomic E-state index is 0.0509. The molecule has 5 nitrogen and oxygen atoms in total. The molecule has 6 heteroatoms. The first-order chi connectivity index (χ1) is 12.0. The van der Waals surface area contributed by atoms with Gasteiger partial charge in [0.05, 0.1) is 5.69 Å². The van der Waals surface area contributed by atoms with Crippen molar-refractivity contribution in [2.24, 2.45) is 0 Å². The molecular formula is C19H19ClN2O3. The van der Waals surface area contributed by atoms with E-state index in [2.05, 4.69) is 5.32 Å². The molecule has 1 unspecified atom stereocenters. The molecule has 1 aliphatic heterocycles. The molecule has 0 aromatic heterocycles. The maximum atomic E-state index is 12.3. The molecule has 1 atom stereocenters. The quantitative estimate of drug-likeness (QED) is 0.894. The highest BCUT2D eigenvalue weighted by molar-refractivity contribution is 6.31. The number of nitrogens with one attached hydrogen (secondary N) is 1. The number of carbonyl (C=O) groups is 2. The van der Waals surface area contributed by atoms with Crippen molar-refractivity contribution in [1.29, 1.82) is 0 Å². The fourth-order valence-electron chi connectivity index (χ4n) is 2.78. The number of rotatable bonds is 4. The van der Waals surface area contributed by atoms with E-state index >= 15 is 0 Å². The molecule has 2 aromatic carbocycles. The molecule has 130 valence electrons. The van der Waals surface area contributed by atoms with Crippen LogP contribution in [0.3, 0.4) is 0 Å². The van der Waals surface area contributed by atoms with Gasteiger partial charge in [-0.3, -0.25) is 9.59 Å². The number of hydrogen-bond acceptors (Lipinski definition) is 3. The van der Waals surface area contributed by atoms with Gasteiger partial charge in [-0.2, -0.15) is 0 Å². The van der Waals surface area contributed by atoms with Gasteiger partial charge in [0.25, 0.3) is 11.8 Å². The number of halogens is 1. The van der Waals surface area contributed by atoms with Gasteiger partial charge < -0.3 is 15.0 Å². The molecule has 0 bridgehead atoms. The van der Waals surface area contributed by atoms with E-state index in [4.69, 9.17) is 16.3 Å². The van der Waals surface area contributed by atoms with Gasteiger partial charge in [-0.1, -0.05) is 24.6 Å². The molecule has 2 aromatic rings. The van der Waals surface area contributed by atoms with Crippen LogP contribution in [0.1, 0.15) is 30.6 Å². The molecule has 0 spiro atoms. The standard InChI is InChI=1S/C19H19ClN2O3/c1-3-9-22-16-8-7-15(11-17(16)25-12(2)19(22)24)21-18(23)13-5-4-6-14(20)10-13/h4-8,10-12H,3,9H2,1-2H3,(H,21,23). The average molecular weight is 359 g/mol. The number of hydrogen-bond donors (Lipinski definition) is 1. The summed E-state index contributed by atoms with van der Waals surface area (Å²) in [5.41, 5.74) is 1.80. The van der Waals surface area contributed by atoms with Crippen LogP contribution < -0.4 is 15.0 Å². The van der Waals surface area contributed by atoms with Crippen molar-refractivity contribution in [2.45, 2.75) is 26.4 Å². The Kier molecular flexibility index (Phi) is 4.95. The first-order valence-electron chi connectivity index (χ1n) is 8.18. The van der Waals surface area contributed by atoms with Gasteiger partial charge in [-0.15, -0.1) is 0 Å². The topological polar surface area (TPSA) is 58.6 Å². The summed E-state index contributed by atoms with van der Waals surface area (Å²) in [6, 6.07) is 12.0. The Labute approximate surface area is 151 Å². The molecule has 0 aliphatic carbocycles. The molecular weight excluding hydrogens is 340 g/mol. The second kappa shape index (κ2) is 7.15. The van der Waals surface area contributed by atoms with Crippen LogP contribution in [0.4, 0.5) is 11.4 Å². The van der Waals surface area contributed by atoms with E-state index in [1.165, 1.54) is 0 Å². The van der Waals surface area contributed by atoms with E-state index in [1.807, 2.05) is 6.92 Å². The zero-order valence-corrected chi connectivity index (χ0v) is 14.8.